The number of alkyl carbamates (subject to hydrolysis) is 1. The highest BCUT2D eigenvalue weighted by Gasteiger charge is 2.75. The third-order valence-corrected chi connectivity index (χ3v) is 10.8. The second-order valence-electron chi connectivity index (χ2n) is 12.8. The lowest BCUT2D eigenvalue weighted by atomic mass is 9.44. The molecule has 0 aromatic rings. The summed E-state index contributed by atoms with van der Waals surface area (Å²) in [5.41, 5.74) is -3.56. The molecule has 0 aromatic heterocycles. The van der Waals surface area contributed by atoms with Gasteiger partial charge in [-0.2, -0.15) is 0 Å². The summed E-state index contributed by atoms with van der Waals surface area (Å²) < 4.78 is 48.2. The average Bonchev–Trinajstić information content (AvgIpc) is 3.12. The van der Waals surface area contributed by atoms with Crippen LogP contribution in [-0.4, -0.2) is 81.4 Å². The average molecular weight is 601 g/mol. The van der Waals surface area contributed by atoms with E-state index >= 15 is 4.39 Å². The van der Waals surface area contributed by atoms with E-state index in [9.17, 15) is 38.2 Å². The normalized spacial score (nSPS) is 40.3. The lowest BCUT2D eigenvalue weighted by Crippen LogP contribution is -2.69. The summed E-state index contributed by atoms with van der Waals surface area (Å²) in [7, 11) is 0. The molecule has 1 amide bonds. The quantitative estimate of drug-likeness (QED) is 0.249. The number of hydrogen-bond acceptors (Lipinski definition) is 8. The zero-order valence-corrected chi connectivity index (χ0v) is 23.9. The molecule has 6 N–H and O–H groups in total. The summed E-state index contributed by atoms with van der Waals surface area (Å²) in [5.74, 6) is -4.79. The molecule has 234 valence electrons. The van der Waals surface area contributed by atoms with Gasteiger partial charge < -0.3 is 31.1 Å². The van der Waals surface area contributed by atoms with Gasteiger partial charge in [-0.05, 0) is 69.4 Å². The molecule has 0 aromatic carbocycles. The molecule has 13 heteroatoms. The van der Waals surface area contributed by atoms with E-state index < -0.39 is 88.8 Å². The Morgan fingerprint density at radius 2 is 1.93 bits per heavy atom. The molecular weight excluding hydrogens is 561 g/mol. The maximum atomic E-state index is 17.2. The monoisotopic (exact) mass is 600 g/mol. The van der Waals surface area contributed by atoms with Crippen molar-refractivity contribution in [1.82, 2.24) is 5.32 Å². The summed E-state index contributed by atoms with van der Waals surface area (Å²) in [5, 5.41) is 34.5. The Hall–Kier alpha value is -2.77. The van der Waals surface area contributed by atoms with Crippen molar-refractivity contribution in [2.45, 2.75) is 88.6 Å². The zero-order valence-electron chi connectivity index (χ0n) is 23.9. The van der Waals surface area contributed by atoms with Gasteiger partial charge in [-0.15, -0.1) is 0 Å². The van der Waals surface area contributed by atoms with Crippen LogP contribution >= 0.6 is 0 Å². The maximum absolute atomic E-state index is 17.2. The zero-order chi connectivity index (χ0) is 31.5. The third kappa shape index (κ3) is 4.50. The van der Waals surface area contributed by atoms with Crippen molar-refractivity contribution in [2.24, 2.45) is 34.3 Å². The molecule has 4 aliphatic rings. The Balaban J connectivity index is 1.44. The molecule has 0 spiro atoms. The Morgan fingerprint density at radius 1 is 1.26 bits per heavy atom. The van der Waals surface area contributed by atoms with Crippen LogP contribution < -0.4 is 11.1 Å². The van der Waals surface area contributed by atoms with Crippen molar-refractivity contribution in [3.8, 4) is 0 Å². The Kier molecular flexibility index (Phi) is 8.22. The van der Waals surface area contributed by atoms with Crippen LogP contribution in [0.5, 0.6) is 0 Å². The van der Waals surface area contributed by atoms with Crippen LogP contribution in [-0.2, 0) is 19.1 Å². The Labute approximate surface area is 241 Å². The number of ether oxygens (including phenoxy) is 1. The van der Waals surface area contributed by atoms with Gasteiger partial charge >= 0.3 is 12.1 Å². The molecule has 9 atom stereocenters. The maximum Gasteiger partial charge on any atom is 0.407 e. The van der Waals surface area contributed by atoms with E-state index in [1.165, 1.54) is 18.2 Å². The highest BCUT2D eigenvalue weighted by Crippen LogP contribution is 2.70. The largest absolute Gasteiger partial charge is 0.480 e. The van der Waals surface area contributed by atoms with Crippen molar-refractivity contribution in [2.75, 3.05) is 13.2 Å². The topological polar surface area (TPSA) is 176 Å². The first kappa shape index (κ1) is 32.2. The number of fused-ring (bicyclic) bond motifs is 5. The fourth-order valence-corrected chi connectivity index (χ4v) is 8.31. The van der Waals surface area contributed by atoms with E-state index in [2.05, 4.69) is 5.32 Å². The summed E-state index contributed by atoms with van der Waals surface area (Å²) in [6, 6.07) is 0. The highest BCUT2D eigenvalue weighted by atomic mass is 19.3. The fraction of sp³-hybridized carbons (Fsp3) is 0.724. The molecule has 4 aliphatic carbocycles. The lowest BCUT2D eigenvalue weighted by Gasteiger charge is -2.62. The lowest BCUT2D eigenvalue weighted by molar-refractivity contribution is -0.219. The first-order valence-electron chi connectivity index (χ1n) is 14.2. The van der Waals surface area contributed by atoms with Crippen LogP contribution in [0.3, 0.4) is 0 Å². The number of alkyl halides is 3. The van der Waals surface area contributed by atoms with Gasteiger partial charge in [-0.3, -0.25) is 9.59 Å². The summed E-state index contributed by atoms with van der Waals surface area (Å²) in [6.45, 7) is 3.89. The van der Waals surface area contributed by atoms with Gasteiger partial charge in [-0.1, -0.05) is 25.5 Å². The van der Waals surface area contributed by atoms with Crippen LogP contribution in [0, 0.1) is 28.6 Å². The van der Waals surface area contributed by atoms with Gasteiger partial charge in [0.05, 0.1) is 6.10 Å². The number of halogens is 3. The van der Waals surface area contributed by atoms with E-state index in [4.69, 9.17) is 15.6 Å². The second kappa shape index (κ2) is 10.7. The number of allylic oxidation sites excluding steroid dienone is 4. The molecule has 42 heavy (non-hydrogen) atoms. The number of aliphatic hydroxyl groups excluding tert-OH is 1. The summed E-state index contributed by atoms with van der Waals surface area (Å²) >= 11 is 0. The number of aliphatic carboxylic acids is 1. The van der Waals surface area contributed by atoms with Crippen LogP contribution in [0.2, 0.25) is 0 Å². The van der Waals surface area contributed by atoms with Gasteiger partial charge in [0.15, 0.2) is 23.6 Å². The summed E-state index contributed by atoms with van der Waals surface area (Å²) in [4.78, 5) is 48.7. The number of carboxylic acid groups (broad SMARTS) is 1. The molecule has 0 radical (unpaired) electrons. The van der Waals surface area contributed by atoms with Crippen LogP contribution in [0.15, 0.2) is 23.8 Å². The Bertz CT molecular complexity index is 1230. The minimum atomic E-state index is -3.32. The molecule has 9 unspecified atom stereocenters. The number of nitrogens with one attached hydrogen (secondary N) is 1. The number of carbonyl (C=O) groups excluding carboxylic acids is 3. The van der Waals surface area contributed by atoms with E-state index in [1.807, 2.05) is 0 Å². The third-order valence-electron chi connectivity index (χ3n) is 10.8. The van der Waals surface area contributed by atoms with Crippen LogP contribution in [0.1, 0.15) is 59.3 Å². The van der Waals surface area contributed by atoms with Crippen LogP contribution in [0.4, 0.5) is 18.0 Å². The first-order chi connectivity index (χ1) is 19.4. The number of amides is 1. The van der Waals surface area contributed by atoms with E-state index in [1.54, 1.807) is 20.8 Å². The minimum Gasteiger partial charge on any atom is -0.480 e. The number of hydrogen-bond donors (Lipinski definition) is 5. The van der Waals surface area contributed by atoms with E-state index in [-0.39, 0.29) is 25.2 Å². The smallest absolute Gasteiger partial charge is 0.407 e. The van der Waals surface area contributed by atoms with Gasteiger partial charge in [0.1, 0.15) is 5.60 Å². The highest BCUT2D eigenvalue weighted by molar-refractivity contribution is 6.01. The Morgan fingerprint density at radius 3 is 2.55 bits per heavy atom. The number of rotatable bonds is 9. The molecule has 0 saturated heterocycles. The number of carbonyl (C=O) groups is 4. The molecule has 0 bridgehead atoms. The number of aliphatic hydroxyl groups is 2. The number of carboxylic acids is 1. The standard InChI is InChI=1S/C29H39F3N2O8/c1-15-11-19-18-6-5-16-12-17(35)7-9-25(16,2)28(18,32)20(36)13-26(19,3)29(15,41)21(37)14-42-24(40)34-10-4-8-27(33,22(30)31)23(38)39/h7,9,12,15,18-20,22,36,41H,4-6,8,10-11,13-14,33H2,1-3H3,(H,34,40)(H,38,39). The molecule has 4 rings (SSSR count). The predicted molar refractivity (Wildman–Crippen MR) is 142 cm³/mol. The van der Waals surface area contributed by atoms with E-state index in [0.29, 0.717) is 24.8 Å². The van der Waals surface area contributed by atoms with Gasteiger partial charge in [-0.25, -0.2) is 22.8 Å². The first-order valence-corrected chi connectivity index (χ1v) is 14.2. The number of nitrogens with two attached hydrogens (primary N) is 1. The molecule has 0 aliphatic heterocycles. The van der Waals surface area contributed by atoms with E-state index in [0.717, 1.165) is 0 Å². The summed E-state index contributed by atoms with van der Waals surface area (Å²) in [6.07, 6.45) is -1.73. The number of ketones is 2. The van der Waals surface area contributed by atoms with Crippen molar-refractivity contribution in [1.29, 1.82) is 0 Å². The SMILES string of the molecule is CC1CC2C3CCC4=CC(=O)C=CC4(C)C3(F)C(O)CC2(C)C1(O)C(=O)COC(=O)NCCCC(N)(C(=O)O)C(F)F. The van der Waals surface area contributed by atoms with Crippen molar-refractivity contribution < 1.29 is 52.4 Å². The molecular formula is C29H39F3N2O8. The molecule has 0 heterocycles. The predicted octanol–water partition coefficient (Wildman–Crippen LogP) is 2.46. The molecule has 3 fully saturated rings. The van der Waals surface area contributed by atoms with Crippen molar-refractivity contribution in [3.63, 3.8) is 0 Å². The van der Waals surface area contributed by atoms with Crippen molar-refractivity contribution in [3.05, 3.63) is 23.8 Å². The van der Waals surface area contributed by atoms with Gasteiger partial charge in [0.25, 0.3) is 6.43 Å². The molecule has 3 saturated carbocycles. The fourth-order valence-electron chi connectivity index (χ4n) is 8.31. The second-order valence-corrected chi connectivity index (χ2v) is 12.8. The van der Waals surface area contributed by atoms with Crippen LogP contribution in [0.25, 0.3) is 0 Å². The van der Waals surface area contributed by atoms with Gasteiger partial charge in [0, 0.05) is 23.3 Å². The minimum absolute atomic E-state index is 0.208. The van der Waals surface area contributed by atoms with Gasteiger partial charge in [0.2, 0.25) is 5.78 Å². The molecule has 10 nitrogen and oxygen atoms in total. The van der Waals surface area contributed by atoms with Crippen molar-refractivity contribution >= 4 is 23.6 Å². The number of Topliss-reactive ketones (excluding diaryl/α,β-unsaturated/α-hetero) is 1.